The highest BCUT2D eigenvalue weighted by Gasteiger charge is 2.39. The van der Waals surface area contributed by atoms with Gasteiger partial charge in [-0.25, -0.2) is 9.97 Å². The number of thiophene rings is 1. The van der Waals surface area contributed by atoms with E-state index >= 15 is 0 Å². The van der Waals surface area contributed by atoms with Gasteiger partial charge in [0.1, 0.15) is 17.0 Å². The SMILES string of the molecule is C=CCNc1ncnc2sc(C(=O)N3CCC4(C=Cc5ccccc54)CC3)c(C)c12. The minimum absolute atomic E-state index is 0.0792. The van der Waals surface area contributed by atoms with E-state index in [1.165, 1.54) is 22.5 Å². The van der Waals surface area contributed by atoms with E-state index in [9.17, 15) is 4.79 Å². The zero-order valence-electron chi connectivity index (χ0n) is 17.0. The first-order chi connectivity index (χ1) is 14.6. The molecule has 0 radical (unpaired) electrons. The number of aromatic nitrogens is 2. The molecule has 0 unspecified atom stereocenters. The van der Waals surface area contributed by atoms with Gasteiger partial charge in [0.15, 0.2) is 0 Å². The number of aryl methyl sites for hydroxylation is 1. The highest BCUT2D eigenvalue weighted by molar-refractivity contribution is 7.20. The van der Waals surface area contributed by atoms with Crippen molar-refractivity contribution in [3.63, 3.8) is 0 Å². The number of hydrogen-bond acceptors (Lipinski definition) is 5. The van der Waals surface area contributed by atoms with Crippen molar-refractivity contribution in [1.82, 2.24) is 14.9 Å². The van der Waals surface area contributed by atoms with Crippen molar-refractivity contribution in [3.8, 4) is 0 Å². The number of benzene rings is 1. The lowest BCUT2D eigenvalue weighted by Gasteiger charge is -2.39. The molecule has 1 aliphatic heterocycles. The molecule has 1 aliphatic carbocycles. The Morgan fingerprint density at radius 1 is 1.30 bits per heavy atom. The molecule has 0 saturated carbocycles. The number of amides is 1. The normalized spacial score (nSPS) is 16.8. The Kier molecular flexibility index (Phi) is 4.66. The summed E-state index contributed by atoms with van der Waals surface area (Å²) in [4.78, 5) is 25.8. The number of rotatable bonds is 4. The molecule has 5 nitrogen and oxygen atoms in total. The van der Waals surface area contributed by atoms with Crippen molar-refractivity contribution in [3.05, 3.63) is 70.9 Å². The maximum absolute atomic E-state index is 13.4. The van der Waals surface area contributed by atoms with Crippen LogP contribution in [0, 0.1) is 6.92 Å². The van der Waals surface area contributed by atoms with Crippen LogP contribution in [-0.2, 0) is 5.41 Å². The van der Waals surface area contributed by atoms with Gasteiger partial charge in [-0.15, -0.1) is 17.9 Å². The third-order valence-electron chi connectivity index (χ3n) is 6.36. The smallest absolute Gasteiger partial charge is 0.264 e. The molecule has 0 atom stereocenters. The standard InChI is InChI=1S/C24H24N4OS/c1-3-12-25-21-19-16(2)20(30-22(19)27-15-26-21)23(29)28-13-10-24(11-14-28)9-8-17-6-4-5-7-18(17)24/h3-9,15H,1,10-14H2,2H3,(H,25,26,27). The summed E-state index contributed by atoms with van der Waals surface area (Å²) in [6, 6.07) is 8.62. The molecule has 3 aromatic rings. The van der Waals surface area contributed by atoms with Gasteiger partial charge in [0.2, 0.25) is 0 Å². The van der Waals surface area contributed by atoms with E-state index in [0.717, 1.165) is 52.4 Å². The van der Waals surface area contributed by atoms with Gasteiger partial charge in [0, 0.05) is 25.0 Å². The minimum Gasteiger partial charge on any atom is -0.366 e. The molecule has 1 amide bonds. The minimum atomic E-state index is 0.0792. The highest BCUT2D eigenvalue weighted by atomic mass is 32.1. The van der Waals surface area contributed by atoms with Crippen molar-refractivity contribution >= 4 is 39.4 Å². The van der Waals surface area contributed by atoms with Crippen molar-refractivity contribution < 1.29 is 4.79 Å². The summed E-state index contributed by atoms with van der Waals surface area (Å²) in [5.41, 5.74) is 3.76. The quantitative estimate of drug-likeness (QED) is 0.621. The lowest BCUT2D eigenvalue weighted by molar-refractivity contribution is 0.0694. The van der Waals surface area contributed by atoms with Crippen molar-refractivity contribution in [2.24, 2.45) is 0 Å². The summed E-state index contributed by atoms with van der Waals surface area (Å²) in [6.07, 6.45) is 9.84. The zero-order valence-corrected chi connectivity index (χ0v) is 17.8. The number of hydrogen-bond donors (Lipinski definition) is 1. The van der Waals surface area contributed by atoms with Gasteiger partial charge in [-0.2, -0.15) is 0 Å². The summed E-state index contributed by atoms with van der Waals surface area (Å²) in [5.74, 6) is 0.869. The van der Waals surface area contributed by atoms with Crippen LogP contribution in [0.2, 0.25) is 0 Å². The fraction of sp³-hybridized carbons (Fsp3) is 0.292. The largest absolute Gasteiger partial charge is 0.366 e. The first-order valence-corrected chi connectivity index (χ1v) is 11.1. The molecule has 1 saturated heterocycles. The molecule has 1 fully saturated rings. The molecule has 1 N–H and O–H groups in total. The van der Waals surface area contributed by atoms with Crippen LogP contribution < -0.4 is 5.32 Å². The second-order valence-corrected chi connectivity index (χ2v) is 9.00. The Morgan fingerprint density at radius 3 is 2.90 bits per heavy atom. The van der Waals surface area contributed by atoms with Gasteiger partial charge in [-0.1, -0.05) is 42.5 Å². The Balaban J connectivity index is 1.39. The fourth-order valence-corrected chi connectivity index (χ4v) is 5.82. The number of piperidine rings is 1. The molecule has 152 valence electrons. The molecule has 1 aromatic carbocycles. The van der Waals surface area contributed by atoms with Crippen LogP contribution in [0.5, 0.6) is 0 Å². The fourth-order valence-electron chi connectivity index (χ4n) is 4.70. The number of fused-ring (bicyclic) bond motifs is 3. The van der Waals surface area contributed by atoms with Gasteiger partial charge in [0.25, 0.3) is 5.91 Å². The van der Waals surface area contributed by atoms with Crippen molar-refractivity contribution in [1.29, 1.82) is 0 Å². The molecule has 5 rings (SSSR count). The Bertz CT molecular complexity index is 1170. The van der Waals surface area contributed by atoms with Gasteiger partial charge in [0.05, 0.1) is 10.3 Å². The molecule has 30 heavy (non-hydrogen) atoms. The monoisotopic (exact) mass is 416 g/mol. The van der Waals surface area contributed by atoms with Crippen LogP contribution in [0.25, 0.3) is 16.3 Å². The molecule has 3 heterocycles. The lowest BCUT2D eigenvalue weighted by atomic mass is 9.74. The van der Waals surface area contributed by atoms with Crippen molar-refractivity contribution in [2.75, 3.05) is 25.0 Å². The van der Waals surface area contributed by atoms with Crippen LogP contribution in [-0.4, -0.2) is 40.4 Å². The van der Waals surface area contributed by atoms with Crippen LogP contribution >= 0.6 is 11.3 Å². The van der Waals surface area contributed by atoms with E-state index < -0.39 is 0 Å². The van der Waals surface area contributed by atoms with E-state index in [4.69, 9.17) is 0 Å². The highest BCUT2D eigenvalue weighted by Crippen LogP contribution is 2.44. The summed E-state index contributed by atoms with van der Waals surface area (Å²) >= 11 is 1.46. The summed E-state index contributed by atoms with van der Waals surface area (Å²) in [5, 5.41) is 4.20. The van der Waals surface area contributed by atoms with Crippen molar-refractivity contribution in [2.45, 2.75) is 25.2 Å². The predicted molar refractivity (Wildman–Crippen MR) is 123 cm³/mol. The molecule has 0 bridgehead atoms. The van der Waals surface area contributed by atoms with Gasteiger partial charge in [-0.3, -0.25) is 4.79 Å². The van der Waals surface area contributed by atoms with Gasteiger partial charge >= 0.3 is 0 Å². The number of carbonyl (C=O) groups is 1. The number of carbonyl (C=O) groups excluding carboxylic acids is 1. The van der Waals surface area contributed by atoms with Gasteiger partial charge in [-0.05, 0) is 36.5 Å². The summed E-state index contributed by atoms with van der Waals surface area (Å²) in [6.45, 7) is 7.89. The van der Waals surface area contributed by atoms with E-state index in [2.05, 4.69) is 58.3 Å². The van der Waals surface area contributed by atoms with Crippen LogP contribution in [0.15, 0.2) is 49.3 Å². The summed E-state index contributed by atoms with van der Waals surface area (Å²) in [7, 11) is 0. The van der Waals surface area contributed by atoms with Gasteiger partial charge < -0.3 is 10.2 Å². The number of nitrogens with zero attached hydrogens (tertiary/aromatic N) is 3. The molecular weight excluding hydrogens is 392 g/mol. The number of allylic oxidation sites excluding steroid dienone is 1. The Labute approximate surface area is 180 Å². The molecule has 2 aliphatic rings. The number of nitrogens with one attached hydrogen (secondary N) is 1. The average Bonchev–Trinajstić information content (AvgIpc) is 3.31. The first kappa shape index (κ1) is 19.0. The number of anilines is 1. The third-order valence-corrected chi connectivity index (χ3v) is 7.54. The molecule has 6 heteroatoms. The van der Waals surface area contributed by atoms with E-state index in [1.54, 1.807) is 12.4 Å². The Morgan fingerprint density at radius 2 is 2.10 bits per heavy atom. The number of likely N-dealkylation sites (tertiary alicyclic amines) is 1. The molecule has 1 spiro atoms. The lowest BCUT2D eigenvalue weighted by Crippen LogP contribution is -2.43. The topological polar surface area (TPSA) is 58.1 Å². The van der Waals surface area contributed by atoms with E-state index in [0.29, 0.717) is 6.54 Å². The Hall–Kier alpha value is -2.99. The van der Waals surface area contributed by atoms with E-state index in [1.807, 2.05) is 11.8 Å². The van der Waals surface area contributed by atoms with Crippen LogP contribution in [0.1, 0.15) is 39.2 Å². The third kappa shape index (κ3) is 2.94. The van der Waals surface area contributed by atoms with Crippen LogP contribution in [0.4, 0.5) is 5.82 Å². The summed E-state index contributed by atoms with van der Waals surface area (Å²) < 4.78 is 0. The maximum atomic E-state index is 13.4. The van der Waals surface area contributed by atoms with E-state index in [-0.39, 0.29) is 11.3 Å². The maximum Gasteiger partial charge on any atom is 0.264 e. The zero-order chi connectivity index (χ0) is 20.7. The average molecular weight is 417 g/mol. The predicted octanol–water partition coefficient (Wildman–Crippen LogP) is 4.80. The second kappa shape index (κ2) is 7.36. The molecule has 2 aromatic heterocycles. The molecular formula is C24H24N4OS. The first-order valence-electron chi connectivity index (χ1n) is 10.3. The van der Waals surface area contributed by atoms with Crippen LogP contribution in [0.3, 0.4) is 0 Å². The second-order valence-electron chi connectivity index (χ2n) is 8.00.